The Morgan fingerprint density at radius 3 is 2.62 bits per heavy atom. The molecule has 6 heteroatoms. The van der Waals surface area contributed by atoms with Crippen molar-refractivity contribution in [3.8, 4) is 0 Å². The van der Waals surface area contributed by atoms with Gasteiger partial charge in [-0.3, -0.25) is 9.48 Å². The highest BCUT2D eigenvalue weighted by Gasteiger charge is 2.15. The van der Waals surface area contributed by atoms with Gasteiger partial charge in [0, 0.05) is 18.1 Å². The first-order chi connectivity index (χ1) is 10.1. The molecular formula is C15H17N3O3. The van der Waals surface area contributed by atoms with Crippen molar-refractivity contribution in [2.75, 3.05) is 11.9 Å². The van der Waals surface area contributed by atoms with Gasteiger partial charge in [0.05, 0.1) is 12.2 Å². The summed E-state index contributed by atoms with van der Waals surface area (Å²) >= 11 is 0. The van der Waals surface area contributed by atoms with Gasteiger partial charge in [-0.25, -0.2) is 4.79 Å². The molecule has 0 aliphatic carbocycles. The first-order valence-electron chi connectivity index (χ1n) is 6.69. The second-order valence-corrected chi connectivity index (χ2v) is 4.45. The Morgan fingerprint density at radius 1 is 1.33 bits per heavy atom. The van der Waals surface area contributed by atoms with Crippen molar-refractivity contribution in [3.05, 3.63) is 48.3 Å². The van der Waals surface area contributed by atoms with E-state index in [0.717, 1.165) is 0 Å². The van der Waals surface area contributed by atoms with Gasteiger partial charge in [-0.15, -0.1) is 0 Å². The van der Waals surface area contributed by atoms with Crippen molar-refractivity contribution in [2.24, 2.45) is 0 Å². The number of esters is 1. The summed E-state index contributed by atoms with van der Waals surface area (Å²) in [6.45, 7) is 3.84. The van der Waals surface area contributed by atoms with Crippen LogP contribution in [0, 0.1) is 0 Å². The molecule has 0 bridgehead atoms. The number of hydrogen-bond acceptors (Lipinski definition) is 4. The number of aromatic nitrogens is 2. The van der Waals surface area contributed by atoms with Crippen molar-refractivity contribution in [2.45, 2.75) is 19.9 Å². The zero-order chi connectivity index (χ0) is 15.2. The molecule has 2 rings (SSSR count). The zero-order valence-electron chi connectivity index (χ0n) is 11.9. The van der Waals surface area contributed by atoms with Crippen LogP contribution in [0.1, 0.15) is 30.2 Å². The van der Waals surface area contributed by atoms with Crippen LogP contribution >= 0.6 is 0 Å². The molecule has 21 heavy (non-hydrogen) atoms. The third-order valence-electron chi connectivity index (χ3n) is 2.96. The first-order valence-corrected chi connectivity index (χ1v) is 6.69. The average Bonchev–Trinajstić information content (AvgIpc) is 3.01. The van der Waals surface area contributed by atoms with Gasteiger partial charge in [-0.2, -0.15) is 5.10 Å². The molecule has 1 unspecified atom stereocenters. The monoisotopic (exact) mass is 287 g/mol. The van der Waals surface area contributed by atoms with E-state index < -0.39 is 6.04 Å². The van der Waals surface area contributed by atoms with Gasteiger partial charge in [0.2, 0.25) is 5.91 Å². The van der Waals surface area contributed by atoms with Crippen LogP contribution in [-0.4, -0.2) is 28.3 Å². The Morgan fingerprint density at radius 2 is 2.05 bits per heavy atom. The molecule has 0 fully saturated rings. The number of benzene rings is 1. The number of nitrogens with zero attached hydrogens (tertiary/aromatic N) is 2. The molecule has 0 aliphatic rings. The first kappa shape index (κ1) is 14.8. The summed E-state index contributed by atoms with van der Waals surface area (Å²) in [6, 6.07) is 7.92. The van der Waals surface area contributed by atoms with E-state index in [1.54, 1.807) is 61.3 Å². The van der Waals surface area contributed by atoms with Crippen LogP contribution in [0.15, 0.2) is 42.7 Å². The smallest absolute Gasteiger partial charge is 0.338 e. The van der Waals surface area contributed by atoms with Gasteiger partial charge >= 0.3 is 5.97 Å². The molecule has 0 radical (unpaired) electrons. The summed E-state index contributed by atoms with van der Waals surface area (Å²) < 4.78 is 6.47. The van der Waals surface area contributed by atoms with Crippen LogP contribution in [0.5, 0.6) is 0 Å². The van der Waals surface area contributed by atoms with E-state index >= 15 is 0 Å². The van der Waals surface area contributed by atoms with Crippen LogP contribution in [0.4, 0.5) is 5.69 Å². The topological polar surface area (TPSA) is 73.2 Å². The van der Waals surface area contributed by atoms with Gasteiger partial charge in [-0.1, -0.05) is 0 Å². The Labute approximate surface area is 122 Å². The van der Waals surface area contributed by atoms with Gasteiger partial charge in [-0.05, 0) is 44.2 Å². The van der Waals surface area contributed by atoms with Crippen LogP contribution in [-0.2, 0) is 9.53 Å². The van der Waals surface area contributed by atoms with E-state index in [0.29, 0.717) is 17.9 Å². The number of carbonyl (C=O) groups excluding carboxylic acids is 2. The second kappa shape index (κ2) is 6.69. The summed E-state index contributed by atoms with van der Waals surface area (Å²) in [5.74, 6) is -0.553. The molecule has 1 heterocycles. The standard InChI is InChI=1S/C15H17N3O3/c1-3-21-15(20)12-5-7-13(8-6-12)17-14(19)11(2)18-10-4-9-16-18/h4-11H,3H2,1-2H3,(H,17,19). The quantitative estimate of drug-likeness (QED) is 0.856. The summed E-state index contributed by atoms with van der Waals surface area (Å²) in [5.41, 5.74) is 1.07. The highest BCUT2D eigenvalue weighted by molar-refractivity contribution is 5.94. The normalized spacial score (nSPS) is 11.7. The molecule has 0 spiro atoms. The van der Waals surface area contributed by atoms with Gasteiger partial charge in [0.1, 0.15) is 6.04 Å². The largest absolute Gasteiger partial charge is 0.462 e. The summed E-state index contributed by atoms with van der Waals surface area (Å²) in [7, 11) is 0. The molecule has 0 saturated carbocycles. The molecule has 6 nitrogen and oxygen atoms in total. The molecule has 110 valence electrons. The molecular weight excluding hydrogens is 270 g/mol. The lowest BCUT2D eigenvalue weighted by molar-refractivity contribution is -0.119. The molecule has 1 atom stereocenters. The van der Waals surface area contributed by atoms with E-state index in [4.69, 9.17) is 4.74 Å². The molecule has 1 N–H and O–H groups in total. The third kappa shape index (κ3) is 3.68. The maximum atomic E-state index is 12.1. The highest BCUT2D eigenvalue weighted by atomic mass is 16.5. The van der Waals surface area contributed by atoms with Crippen LogP contribution in [0.25, 0.3) is 0 Å². The number of hydrogen-bond donors (Lipinski definition) is 1. The Balaban J connectivity index is 2.00. The third-order valence-corrected chi connectivity index (χ3v) is 2.96. The molecule has 0 saturated heterocycles. The maximum absolute atomic E-state index is 12.1. The van der Waals surface area contributed by atoms with E-state index in [2.05, 4.69) is 10.4 Å². The predicted octanol–water partition coefficient (Wildman–Crippen LogP) is 2.26. The van der Waals surface area contributed by atoms with Crippen molar-refractivity contribution in [1.29, 1.82) is 0 Å². The number of carbonyl (C=O) groups is 2. The number of amides is 1. The minimum Gasteiger partial charge on any atom is -0.462 e. The Bertz CT molecular complexity index is 606. The van der Waals surface area contributed by atoms with Crippen LogP contribution in [0.2, 0.25) is 0 Å². The number of ether oxygens (including phenoxy) is 1. The van der Waals surface area contributed by atoms with Gasteiger partial charge in [0.15, 0.2) is 0 Å². The zero-order valence-corrected chi connectivity index (χ0v) is 11.9. The SMILES string of the molecule is CCOC(=O)c1ccc(NC(=O)C(C)n2cccn2)cc1. The molecule has 1 amide bonds. The van der Waals surface area contributed by atoms with E-state index in [1.807, 2.05) is 0 Å². The number of rotatable bonds is 5. The number of nitrogens with one attached hydrogen (secondary N) is 1. The van der Waals surface area contributed by atoms with Crippen LogP contribution in [0.3, 0.4) is 0 Å². The maximum Gasteiger partial charge on any atom is 0.338 e. The van der Waals surface area contributed by atoms with Gasteiger partial charge in [0.25, 0.3) is 0 Å². The minimum absolute atomic E-state index is 0.178. The van der Waals surface area contributed by atoms with E-state index in [1.165, 1.54) is 0 Å². The second-order valence-electron chi connectivity index (χ2n) is 4.45. The predicted molar refractivity (Wildman–Crippen MR) is 78.0 cm³/mol. The lowest BCUT2D eigenvalue weighted by atomic mass is 10.2. The Kier molecular flexibility index (Phi) is 4.71. The fourth-order valence-electron chi connectivity index (χ4n) is 1.78. The van der Waals surface area contributed by atoms with Crippen molar-refractivity contribution in [3.63, 3.8) is 0 Å². The molecule has 0 aliphatic heterocycles. The van der Waals surface area contributed by atoms with Crippen molar-refractivity contribution in [1.82, 2.24) is 9.78 Å². The fraction of sp³-hybridized carbons (Fsp3) is 0.267. The molecule has 1 aromatic heterocycles. The van der Waals surface area contributed by atoms with E-state index in [9.17, 15) is 9.59 Å². The van der Waals surface area contributed by atoms with Gasteiger partial charge < -0.3 is 10.1 Å². The lowest BCUT2D eigenvalue weighted by Crippen LogP contribution is -2.24. The summed E-state index contributed by atoms with van der Waals surface area (Å²) in [6.07, 6.45) is 3.35. The number of anilines is 1. The van der Waals surface area contributed by atoms with Crippen LogP contribution < -0.4 is 5.32 Å². The summed E-state index contributed by atoms with van der Waals surface area (Å²) in [5, 5.41) is 6.81. The molecule has 1 aromatic carbocycles. The average molecular weight is 287 g/mol. The Hall–Kier alpha value is -2.63. The highest BCUT2D eigenvalue weighted by Crippen LogP contribution is 2.13. The lowest BCUT2D eigenvalue weighted by Gasteiger charge is -2.12. The molecule has 2 aromatic rings. The van der Waals surface area contributed by atoms with E-state index in [-0.39, 0.29) is 11.9 Å². The van der Waals surface area contributed by atoms with Crippen molar-refractivity contribution < 1.29 is 14.3 Å². The minimum atomic E-state index is -0.412. The summed E-state index contributed by atoms with van der Waals surface area (Å²) in [4.78, 5) is 23.6. The van der Waals surface area contributed by atoms with Crippen molar-refractivity contribution >= 4 is 17.6 Å². The fourth-order valence-corrected chi connectivity index (χ4v) is 1.78.